The van der Waals surface area contributed by atoms with Gasteiger partial charge in [0.05, 0.1) is 11.3 Å². The first-order valence-electron chi connectivity index (χ1n) is 5.97. The van der Waals surface area contributed by atoms with Crippen molar-refractivity contribution in [3.63, 3.8) is 0 Å². The van der Waals surface area contributed by atoms with E-state index in [9.17, 15) is 13.2 Å². The molecule has 0 saturated carbocycles. The topological polar surface area (TPSA) is 34.5 Å². The Morgan fingerprint density at radius 3 is 2.36 bits per heavy atom. The molecule has 1 heterocycles. The highest BCUT2D eigenvalue weighted by molar-refractivity contribution is 6.32. The minimum atomic E-state index is -4.52. The van der Waals surface area contributed by atoms with Crippen molar-refractivity contribution in [2.45, 2.75) is 13.1 Å². The lowest BCUT2D eigenvalue weighted by Gasteiger charge is -2.08. The summed E-state index contributed by atoms with van der Waals surface area (Å²) in [6.45, 7) is 1.67. The minimum Gasteiger partial charge on any atom is -0.335 e. The van der Waals surface area contributed by atoms with Gasteiger partial charge in [0.15, 0.2) is 0 Å². The summed E-state index contributed by atoms with van der Waals surface area (Å²) in [7, 11) is 0. The lowest BCUT2D eigenvalue weighted by molar-refractivity contribution is -0.137. The van der Waals surface area contributed by atoms with E-state index in [1.165, 1.54) is 0 Å². The maximum atomic E-state index is 12.5. The zero-order valence-corrected chi connectivity index (χ0v) is 12.7. The molecule has 1 aromatic carbocycles. The number of benzene rings is 1. The van der Waals surface area contributed by atoms with Gasteiger partial charge in [0, 0.05) is 11.2 Å². The van der Waals surface area contributed by atoms with Crippen LogP contribution in [0.3, 0.4) is 0 Å². The van der Waals surface area contributed by atoms with E-state index in [0.29, 0.717) is 16.9 Å². The monoisotopic (exact) mass is 348 g/mol. The Bertz CT molecular complexity index is 700. The van der Waals surface area contributed by atoms with Crippen LogP contribution in [-0.4, -0.2) is 10.7 Å². The molecule has 0 radical (unpaired) electrons. The van der Waals surface area contributed by atoms with Gasteiger partial charge in [-0.25, -0.2) is 4.98 Å². The molecule has 0 spiro atoms. The largest absolute Gasteiger partial charge is 0.417 e. The predicted molar refractivity (Wildman–Crippen MR) is 78.5 cm³/mol. The highest BCUT2D eigenvalue weighted by atomic mass is 35.5. The summed E-state index contributed by atoms with van der Waals surface area (Å²) in [6.07, 6.45) is -3.88. The molecule has 0 aliphatic heterocycles. The van der Waals surface area contributed by atoms with Crippen molar-refractivity contribution in [1.82, 2.24) is 4.98 Å². The third kappa shape index (κ3) is 4.11. The summed E-state index contributed by atoms with van der Waals surface area (Å²) in [5.41, 5.74) is 0.283. The summed E-state index contributed by atoms with van der Waals surface area (Å²) in [4.78, 5) is 8.52. The highest BCUT2D eigenvalue weighted by Gasteiger charge is 2.31. The normalized spacial score (nSPS) is 12.4. The first kappa shape index (κ1) is 16.6. The van der Waals surface area contributed by atoms with Crippen molar-refractivity contribution in [1.29, 1.82) is 0 Å². The van der Waals surface area contributed by atoms with Crippen LogP contribution in [0.5, 0.6) is 5.88 Å². The summed E-state index contributed by atoms with van der Waals surface area (Å²) >= 11 is 11.5. The summed E-state index contributed by atoms with van der Waals surface area (Å²) in [5.74, 6) is -0.206. The number of halogens is 5. The van der Waals surface area contributed by atoms with E-state index in [-0.39, 0.29) is 10.9 Å². The van der Waals surface area contributed by atoms with Crippen LogP contribution >= 0.6 is 23.2 Å². The van der Waals surface area contributed by atoms with E-state index >= 15 is 0 Å². The molecule has 2 aromatic rings. The van der Waals surface area contributed by atoms with Crippen molar-refractivity contribution >= 4 is 28.9 Å². The van der Waals surface area contributed by atoms with Crippen LogP contribution in [0.2, 0.25) is 10.0 Å². The molecule has 0 aliphatic rings. The van der Waals surface area contributed by atoms with Crippen molar-refractivity contribution < 1.29 is 18.0 Å². The lowest BCUT2D eigenvalue weighted by Crippen LogP contribution is -2.06. The van der Waals surface area contributed by atoms with Crippen LogP contribution in [0.4, 0.5) is 13.2 Å². The Morgan fingerprint density at radius 2 is 1.82 bits per heavy atom. The molecule has 22 heavy (non-hydrogen) atoms. The number of oxime groups is 1. The SMILES string of the molecule is C/C(=N\Oc1ncc(C(F)(F)F)cc1Cl)c1ccc(Cl)cc1. The second-order valence-corrected chi connectivity index (χ2v) is 5.13. The molecular weight excluding hydrogens is 340 g/mol. The van der Waals surface area contributed by atoms with Gasteiger partial charge in [-0.2, -0.15) is 13.2 Å². The van der Waals surface area contributed by atoms with E-state index in [1.807, 2.05) is 0 Å². The maximum absolute atomic E-state index is 12.5. The first-order chi connectivity index (χ1) is 10.3. The van der Waals surface area contributed by atoms with Gasteiger partial charge in [-0.1, -0.05) is 40.5 Å². The molecule has 116 valence electrons. The van der Waals surface area contributed by atoms with Gasteiger partial charge < -0.3 is 4.84 Å². The Kier molecular flexibility index (Phi) is 4.93. The average molecular weight is 349 g/mol. The lowest BCUT2D eigenvalue weighted by atomic mass is 10.1. The van der Waals surface area contributed by atoms with Crippen LogP contribution < -0.4 is 4.84 Å². The Hall–Kier alpha value is -1.79. The number of hydrogen-bond donors (Lipinski definition) is 0. The second kappa shape index (κ2) is 6.54. The van der Waals surface area contributed by atoms with Crippen LogP contribution in [-0.2, 0) is 6.18 Å². The first-order valence-corrected chi connectivity index (χ1v) is 6.73. The molecule has 0 atom stereocenters. The van der Waals surface area contributed by atoms with E-state index in [4.69, 9.17) is 28.0 Å². The molecule has 0 unspecified atom stereocenters. The zero-order valence-electron chi connectivity index (χ0n) is 11.2. The van der Waals surface area contributed by atoms with Crippen molar-refractivity contribution in [2.24, 2.45) is 5.16 Å². The summed E-state index contributed by atoms with van der Waals surface area (Å²) < 4.78 is 37.5. The Balaban J connectivity index is 2.17. The standard InChI is InChI=1S/C14H9Cl2F3N2O/c1-8(9-2-4-11(15)5-3-9)21-22-13-12(16)6-10(7-20-13)14(17,18)19/h2-7H,1H3/b21-8+. The molecule has 0 bridgehead atoms. The maximum Gasteiger partial charge on any atom is 0.417 e. The number of pyridine rings is 1. The Labute approximate surface area is 134 Å². The molecular formula is C14H9Cl2F3N2O. The van der Waals surface area contributed by atoms with Gasteiger partial charge in [0.25, 0.3) is 5.88 Å². The quantitative estimate of drug-likeness (QED) is 0.563. The van der Waals surface area contributed by atoms with Gasteiger partial charge in [-0.15, -0.1) is 0 Å². The fourth-order valence-corrected chi connectivity index (χ4v) is 1.83. The van der Waals surface area contributed by atoms with E-state index in [1.54, 1.807) is 31.2 Å². The van der Waals surface area contributed by atoms with E-state index in [0.717, 1.165) is 11.6 Å². The molecule has 1 aromatic heterocycles. The average Bonchev–Trinajstić information content (AvgIpc) is 2.45. The van der Waals surface area contributed by atoms with Crippen molar-refractivity contribution in [3.05, 3.63) is 57.7 Å². The molecule has 8 heteroatoms. The van der Waals surface area contributed by atoms with Gasteiger partial charge in [0.2, 0.25) is 0 Å². The highest BCUT2D eigenvalue weighted by Crippen LogP contribution is 2.33. The molecule has 0 fully saturated rings. The van der Waals surface area contributed by atoms with Gasteiger partial charge in [-0.05, 0) is 30.7 Å². The number of alkyl halides is 3. The van der Waals surface area contributed by atoms with Crippen molar-refractivity contribution in [3.8, 4) is 5.88 Å². The number of rotatable bonds is 3. The molecule has 0 aliphatic carbocycles. The van der Waals surface area contributed by atoms with Gasteiger partial charge >= 0.3 is 6.18 Å². The molecule has 3 nitrogen and oxygen atoms in total. The van der Waals surface area contributed by atoms with Crippen LogP contribution in [0.15, 0.2) is 41.7 Å². The number of hydrogen-bond acceptors (Lipinski definition) is 3. The number of nitrogens with zero attached hydrogens (tertiary/aromatic N) is 2. The van der Waals surface area contributed by atoms with Gasteiger partial charge in [0.1, 0.15) is 5.02 Å². The van der Waals surface area contributed by atoms with Gasteiger partial charge in [-0.3, -0.25) is 0 Å². The predicted octanol–water partition coefficient (Wildman–Crippen LogP) is 5.21. The molecule has 0 N–H and O–H groups in total. The smallest absolute Gasteiger partial charge is 0.335 e. The zero-order chi connectivity index (χ0) is 16.3. The van der Waals surface area contributed by atoms with Crippen molar-refractivity contribution in [2.75, 3.05) is 0 Å². The fourth-order valence-electron chi connectivity index (χ4n) is 1.50. The summed E-state index contributed by atoms with van der Waals surface area (Å²) in [6, 6.07) is 7.55. The third-order valence-corrected chi connectivity index (χ3v) is 3.19. The second-order valence-electron chi connectivity index (χ2n) is 4.28. The van der Waals surface area contributed by atoms with E-state index < -0.39 is 11.7 Å². The third-order valence-electron chi connectivity index (χ3n) is 2.67. The van der Waals surface area contributed by atoms with Crippen LogP contribution in [0.25, 0.3) is 0 Å². The minimum absolute atomic E-state index is 0.206. The number of aromatic nitrogens is 1. The molecule has 0 saturated heterocycles. The fraction of sp³-hybridized carbons (Fsp3) is 0.143. The summed E-state index contributed by atoms with van der Waals surface area (Å²) in [5, 5.41) is 4.09. The molecule has 0 amide bonds. The molecule has 2 rings (SSSR count). The van der Waals surface area contributed by atoms with Crippen LogP contribution in [0.1, 0.15) is 18.1 Å². The van der Waals surface area contributed by atoms with Crippen LogP contribution in [0, 0.1) is 0 Å². The Morgan fingerprint density at radius 1 is 1.18 bits per heavy atom. The van der Waals surface area contributed by atoms with E-state index in [2.05, 4.69) is 10.1 Å².